The second-order valence-electron chi connectivity index (χ2n) is 3.59. The lowest BCUT2D eigenvalue weighted by Gasteiger charge is -2.25. The van der Waals surface area contributed by atoms with E-state index in [4.69, 9.17) is 9.05 Å². The van der Waals surface area contributed by atoms with Crippen LogP contribution in [-0.4, -0.2) is 13.2 Å². The topological polar surface area (TPSA) is 54.0 Å². The molecule has 6 heteroatoms. The van der Waals surface area contributed by atoms with Gasteiger partial charge in [-0.25, -0.2) is 9.45 Å². The average molecular weight is 258 g/mol. The van der Waals surface area contributed by atoms with Crippen LogP contribution < -0.4 is 0 Å². The van der Waals surface area contributed by atoms with Crippen LogP contribution in [0.15, 0.2) is 30.3 Å². The third-order valence-corrected chi connectivity index (χ3v) is 3.66. The van der Waals surface area contributed by atoms with Crippen molar-refractivity contribution in [1.82, 2.24) is 0 Å². The zero-order chi connectivity index (χ0) is 12.1. The lowest BCUT2D eigenvalue weighted by atomic mass is 10.1. The fraction of sp³-hybridized carbons (Fsp3) is 0.455. The molecule has 5 nitrogen and oxygen atoms in total. The zero-order valence-corrected chi connectivity index (χ0v) is 10.5. The first kappa shape index (κ1) is 12.7. The molecule has 0 aliphatic carbocycles. The van der Waals surface area contributed by atoms with Gasteiger partial charge in [0.15, 0.2) is 0 Å². The second kappa shape index (κ2) is 5.76. The largest absolute Gasteiger partial charge is 0.502 e. The maximum atomic E-state index is 12.0. The fourth-order valence-electron chi connectivity index (χ4n) is 1.55. The number of hydrogen-bond donors (Lipinski definition) is 0. The highest BCUT2D eigenvalue weighted by molar-refractivity contribution is 7.48. The summed E-state index contributed by atoms with van der Waals surface area (Å²) in [5.74, 6) is 0. The van der Waals surface area contributed by atoms with Crippen molar-refractivity contribution in [2.45, 2.75) is 19.4 Å². The van der Waals surface area contributed by atoms with Crippen molar-refractivity contribution in [3.63, 3.8) is 0 Å². The molecule has 0 N–H and O–H groups in total. The first-order valence-corrected chi connectivity index (χ1v) is 6.99. The number of rotatable bonds is 4. The Hall–Kier alpha value is -0.710. The van der Waals surface area contributed by atoms with Crippen LogP contribution in [0, 0.1) is 0 Å². The standard InChI is InChI=1S/C11H15O5P/c1-2-11(10-6-4-3-5-7-10)15-17(12)14-9-8-13-16-17/h3-7,11H,2,8-9H2,1H3. The summed E-state index contributed by atoms with van der Waals surface area (Å²) in [6, 6.07) is 9.53. The lowest BCUT2D eigenvalue weighted by Crippen LogP contribution is -2.14. The molecule has 94 valence electrons. The lowest BCUT2D eigenvalue weighted by molar-refractivity contribution is -0.255. The Morgan fingerprint density at radius 1 is 1.35 bits per heavy atom. The summed E-state index contributed by atoms with van der Waals surface area (Å²) in [5.41, 5.74) is 0.933. The van der Waals surface area contributed by atoms with Crippen LogP contribution in [0.3, 0.4) is 0 Å². The molecule has 1 aliphatic rings. The molecule has 17 heavy (non-hydrogen) atoms. The van der Waals surface area contributed by atoms with Crippen LogP contribution in [0.5, 0.6) is 0 Å². The van der Waals surface area contributed by atoms with Crippen molar-refractivity contribution in [2.75, 3.05) is 13.2 Å². The highest BCUT2D eigenvalue weighted by Gasteiger charge is 2.35. The molecule has 0 saturated carbocycles. The predicted molar refractivity (Wildman–Crippen MR) is 61.2 cm³/mol. The Bertz CT molecular complexity index is 384. The van der Waals surface area contributed by atoms with Gasteiger partial charge in [-0.3, -0.25) is 9.05 Å². The van der Waals surface area contributed by atoms with Crippen LogP contribution >= 0.6 is 7.82 Å². The molecule has 0 aromatic heterocycles. The first-order chi connectivity index (χ1) is 8.23. The average Bonchev–Trinajstić information content (AvgIpc) is 2.38. The van der Waals surface area contributed by atoms with Crippen molar-refractivity contribution in [3.8, 4) is 0 Å². The Morgan fingerprint density at radius 3 is 2.71 bits per heavy atom. The number of phosphoric ester groups is 1. The number of benzene rings is 1. The van der Waals surface area contributed by atoms with Crippen LogP contribution in [0.25, 0.3) is 0 Å². The summed E-state index contributed by atoms with van der Waals surface area (Å²) in [7, 11) is -3.57. The molecule has 0 radical (unpaired) electrons. The summed E-state index contributed by atoms with van der Waals surface area (Å²) < 4.78 is 27.0. The first-order valence-electron chi connectivity index (χ1n) is 5.52. The molecule has 0 bridgehead atoms. The number of hydrogen-bond acceptors (Lipinski definition) is 5. The fourth-order valence-corrected chi connectivity index (χ4v) is 2.77. The highest BCUT2D eigenvalue weighted by Crippen LogP contribution is 2.55. The Labute approximate surface area is 100 Å². The summed E-state index contributed by atoms with van der Waals surface area (Å²) in [5, 5.41) is 0. The van der Waals surface area contributed by atoms with Gasteiger partial charge in [0.1, 0.15) is 6.61 Å². The maximum Gasteiger partial charge on any atom is 0.502 e. The van der Waals surface area contributed by atoms with E-state index in [1.807, 2.05) is 37.3 Å². The molecule has 2 rings (SSSR count). The van der Waals surface area contributed by atoms with Crippen molar-refractivity contribution in [2.24, 2.45) is 0 Å². The molecule has 1 aromatic carbocycles. The van der Waals surface area contributed by atoms with Crippen LogP contribution in [-0.2, 0) is 23.2 Å². The predicted octanol–water partition coefficient (Wildman–Crippen LogP) is 3.24. The molecule has 0 amide bonds. The SMILES string of the molecule is CCC(OP1(=O)OCCOO1)c1ccccc1. The van der Waals surface area contributed by atoms with Crippen molar-refractivity contribution < 1.29 is 23.2 Å². The van der Waals surface area contributed by atoms with Crippen LogP contribution in [0.2, 0.25) is 0 Å². The van der Waals surface area contributed by atoms with Gasteiger partial charge in [0, 0.05) is 0 Å². The molecule has 1 aromatic rings. The van der Waals surface area contributed by atoms with Gasteiger partial charge in [-0.15, -0.1) is 4.67 Å². The molecule has 1 fully saturated rings. The van der Waals surface area contributed by atoms with Gasteiger partial charge < -0.3 is 0 Å². The highest BCUT2D eigenvalue weighted by atomic mass is 31.2. The van der Waals surface area contributed by atoms with E-state index in [1.54, 1.807) is 0 Å². The second-order valence-corrected chi connectivity index (χ2v) is 5.10. The van der Waals surface area contributed by atoms with Crippen molar-refractivity contribution in [3.05, 3.63) is 35.9 Å². The van der Waals surface area contributed by atoms with Gasteiger partial charge in [-0.2, -0.15) is 0 Å². The van der Waals surface area contributed by atoms with Crippen LogP contribution in [0.4, 0.5) is 0 Å². The summed E-state index contributed by atoms with van der Waals surface area (Å²) in [6.45, 7) is 2.41. The summed E-state index contributed by atoms with van der Waals surface area (Å²) >= 11 is 0. The minimum absolute atomic E-state index is 0.211. The van der Waals surface area contributed by atoms with E-state index in [1.165, 1.54) is 0 Å². The van der Waals surface area contributed by atoms with Gasteiger partial charge in [-0.1, -0.05) is 37.3 Å². The van der Waals surface area contributed by atoms with Crippen molar-refractivity contribution in [1.29, 1.82) is 0 Å². The smallest absolute Gasteiger partial charge is 0.283 e. The van der Waals surface area contributed by atoms with E-state index < -0.39 is 7.82 Å². The van der Waals surface area contributed by atoms with Gasteiger partial charge in [0.25, 0.3) is 0 Å². The van der Waals surface area contributed by atoms with E-state index in [9.17, 15) is 4.57 Å². The summed E-state index contributed by atoms with van der Waals surface area (Å²) in [4.78, 5) is 4.65. The van der Waals surface area contributed by atoms with Crippen LogP contribution in [0.1, 0.15) is 25.0 Å². The zero-order valence-electron chi connectivity index (χ0n) is 9.57. The molecule has 2 atom stereocenters. The maximum absolute atomic E-state index is 12.0. The third kappa shape index (κ3) is 3.37. The Kier molecular flexibility index (Phi) is 4.31. The minimum atomic E-state index is -3.57. The van der Waals surface area contributed by atoms with E-state index in [0.29, 0.717) is 6.42 Å². The molecule has 0 spiro atoms. The molecule has 1 saturated heterocycles. The van der Waals surface area contributed by atoms with E-state index in [2.05, 4.69) is 9.56 Å². The van der Waals surface area contributed by atoms with E-state index in [-0.39, 0.29) is 19.3 Å². The number of phosphoric acid groups is 1. The molecule has 2 unspecified atom stereocenters. The monoisotopic (exact) mass is 258 g/mol. The van der Waals surface area contributed by atoms with E-state index in [0.717, 1.165) is 5.56 Å². The van der Waals surface area contributed by atoms with E-state index >= 15 is 0 Å². The summed E-state index contributed by atoms with van der Waals surface area (Å²) in [6.07, 6.45) is 0.338. The minimum Gasteiger partial charge on any atom is -0.283 e. The van der Waals surface area contributed by atoms with Gasteiger partial charge in [-0.05, 0) is 12.0 Å². The van der Waals surface area contributed by atoms with Gasteiger partial charge in [0.2, 0.25) is 0 Å². The van der Waals surface area contributed by atoms with Gasteiger partial charge in [0.05, 0.1) is 12.7 Å². The normalized spacial score (nSPS) is 26.6. The Balaban J connectivity index is 2.07. The van der Waals surface area contributed by atoms with Crippen molar-refractivity contribution >= 4 is 7.82 Å². The third-order valence-electron chi connectivity index (χ3n) is 2.36. The van der Waals surface area contributed by atoms with Gasteiger partial charge >= 0.3 is 7.82 Å². The molecular formula is C11H15O5P. The molecular weight excluding hydrogens is 243 g/mol. The molecule has 1 heterocycles. The molecule has 1 aliphatic heterocycles. The quantitative estimate of drug-likeness (QED) is 0.613. The Morgan fingerprint density at radius 2 is 2.12 bits per heavy atom.